The maximum absolute atomic E-state index is 13.1. The zero-order chi connectivity index (χ0) is 21.3. The second-order valence-corrected chi connectivity index (χ2v) is 8.43. The number of fused-ring (bicyclic) bond motifs is 1. The van der Waals surface area contributed by atoms with Crippen LogP contribution in [-0.2, 0) is 14.4 Å². The summed E-state index contributed by atoms with van der Waals surface area (Å²) in [7, 11) is 3.24. The van der Waals surface area contributed by atoms with Crippen molar-refractivity contribution in [1.82, 2.24) is 9.80 Å². The highest BCUT2D eigenvalue weighted by atomic mass is 16.5. The Kier molecular flexibility index (Phi) is 5.97. The molecule has 1 aromatic carbocycles. The average molecular weight is 415 g/mol. The summed E-state index contributed by atoms with van der Waals surface area (Å²) in [5, 5.41) is 0. The smallest absolute Gasteiger partial charge is 0.233 e. The van der Waals surface area contributed by atoms with E-state index in [-0.39, 0.29) is 48.6 Å². The quantitative estimate of drug-likeness (QED) is 0.669. The van der Waals surface area contributed by atoms with Gasteiger partial charge in [-0.25, -0.2) is 0 Å². The molecule has 4 rings (SSSR count). The van der Waals surface area contributed by atoms with Gasteiger partial charge in [0, 0.05) is 25.1 Å². The second kappa shape index (κ2) is 8.66. The van der Waals surface area contributed by atoms with Gasteiger partial charge in [0.25, 0.3) is 0 Å². The molecule has 7 heteroatoms. The average Bonchev–Trinajstić information content (AvgIpc) is 3.36. The van der Waals surface area contributed by atoms with Crippen molar-refractivity contribution < 1.29 is 23.9 Å². The maximum Gasteiger partial charge on any atom is 0.233 e. The zero-order valence-electron chi connectivity index (χ0n) is 17.8. The zero-order valence-corrected chi connectivity index (χ0v) is 17.8. The standard InChI is InChI=1S/C23H30N2O5/c1-29-15-9-10-20(30-2)18(14-15)19-8-5-12-24(19)21(26)11-13-25-22(27)16-6-3-4-7-17(16)23(25)28/h9-10,14,16-17,19H,3-8,11-13H2,1-2H3. The Bertz CT molecular complexity index is 815. The van der Waals surface area contributed by atoms with Crippen molar-refractivity contribution in [3.8, 4) is 11.5 Å². The van der Waals surface area contributed by atoms with E-state index < -0.39 is 0 Å². The van der Waals surface area contributed by atoms with Gasteiger partial charge < -0.3 is 14.4 Å². The number of amides is 3. The summed E-state index contributed by atoms with van der Waals surface area (Å²) in [6, 6.07) is 5.54. The number of hydrogen-bond acceptors (Lipinski definition) is 5. The van der Waals surface area contributed by atoms with E-state index in [1.165, 1.54) is 4.90 Å². The molecule has 30 heavy (non-hydrogen) atoms. The first-order chi connectivity index (χ1) is 14.5. The van der Waals surface area contributed by atoms with Crippen LogP contribution in [0.25, 0.3) is 0 Å². The van der Waals surface area contributed by atoms with Gasteiger partial charge in [0.15, 0.2) is 0 Å². The van der Waals surface area contributed by atoms with Crippen LogP contribution in [0.4, 0.5) is 0 Å². The number of ether oxygens (including phenoxy) is 2. The Labute approximate surface area is 177 Å². The highest BCUT2D eigenvalue weighted by Crippen LogP contribution is 2.40. The van der Waals surface area contributed by atoms with Crippen molar-refractivity contribution in [3.63, 3.8) is 0 Å². The van der Waals surface area contributed by atoms with Crippen LogP contribution in [0.2, 0.25) is 0 Å². The number of rotatable bonds is 6. The van der Waals surface area contributed by atoms with Crippen LogP contribution in [0.1, 0.15) is 56.6 Å². The summed E-state index contributed by atoms with van der Waals surface area (Å²) in [6.07, 6.45) is 5.52. The van der Waals surface area contributed by atoms with E-state index in [1.54, 1.807) is 14.2 Å². The molecule has 3 atom stereocenters. The van der Waals surface area contributed by atoms with E-state index in [0.717, 1.165) is 55.6 Å². The molecule has 2 heterocycles. The van der Waals surface area contributed by atoms with Crippen molar-refractivity contribution in [2.24, 2.45) is 11.8 Å². The molecule has 162 valence electrons. The van der Waals surface area contributed by atoms with E-state index in [0.29, 0.717) is 6.54 Å². The summed E-state index contributed by atoms with van der Waals surface area (Å²) in [5.41, 5.74) is 0.932. The summed E-state index contributed by atoms with van der Waals surface area (Å²) >= 11 is 0. The first-order valence-corrected chi connectivity index (χ1v) is 10.9. The Morgan fingerprint density at radius 2 is 1.70 bits per heavy atom. The largest absolute Gasteiger partial charge is 0.497 e. The summed E-state index contributed by atoms with van der Waals surface area (Å²) in [5.74, 6) is 0.937. The number of carbonyl (C=O) groups is 3. The molecule has 3 fully saturated rings. The summed E-state index contributed by atoms with van der Waals surface area (Å²) in [6.45, 7) is 0.846. The molecule has 1 aromatic rings. The van der Waals surface area contributed by atoms with E-state index in [1.807, 2.05) is 23.1 Å². The molecular formula is C23H30N2O5. The lowest BCUT2D eigenvalue weighted by molar-refractivity contribution is -0.141. The Morgan fingerprint density at radius 3 is 2.33 bits per heavy atom. The molecule has 0 bridgehead atoms. The van der Waals surface area contributed by atoms with Crippen LogP contribution in [0.3, 0.4) is 0 Å². The van der Waals surface area contributed by atoms with Crippen molar-refractivity contribution in [1.29, 1.82) is 0 Å². The predicted octanol–water partition coefficient (Wildman–Crippen LogP) is 2.93. The molecule has 0 aromatic heterocycles. The van der Waals surface area contributed by atoms with E-state index in [4.69, 9.17) is 9.47 Å². The van der Waals surface area contributed by atoms with Crippen LogP contribution in [-0.4, -0.2) is 54.8 Å². The molecule has 3 amide bonds. The third kappa shape index (κ3) is 3.66. The Morgan fingerprint density at radius 1 is 1.00 bits per heavy atom. The lowest BCUT2D eigenvalue weighted by atomic mass is 9.81. The van der Waals surface area contributed by atoms with Crippen molar-refractivity contribution in [3.05, 3.63) is 23.8 Å². The van der Waals surface area contributed by atoms with Crippen molar-refractivity contribution in [2.45, 2.75) is 51.0 Å². The van der Waals surface area contributed by atoms with E-state index >= 15 is 0 Å². The van der Waals surface area contributed by atoms with Crippen LogP contribution >= 0.6 is 0 Å². The number of imide groups is 1. The first kappa shape index (κ1) is 20.7. The molecular weight excluding hydrogens is 384 g/mol. The maximum atomic E-state index is 13.1. The van der Waals surface area contributed by atoms with Gasteiger partial charge in [0.2, 0.25) is 17.7 Å². The van der Waals surface area contributed by atoms with Gasteiger partial charge in [-0.2, -0.15) is 0 Å². The summed E-state index contributed by atoms with van der Waals surface area (Å²) in [4.78, 5) is 41.6. The normalized spacial score (nSPS) is 26.1. The number of hydrogen-bond donors (Lipinski definition) is 0. The molecule has 0 spiro atoms. The first-order valence-electron chi connectivity index (χ1n) is 10.9. The Hall–Kier alpha value is -2.57. The fourth-order valence-electron chi connectivity index (χ4n) is 5.29. The minimum atomic E-state index is -0.165. The number of carbonyl (C=O) groups excluding carboxylic acids is 3. The van der Waals surface area contributed by atoms with Gasteiger partial charge >= 0.3 is 0 Å². The highest BCUT2D eigenvalue weighted by Gasteiger charge is 2.48. The molecule has 2 aliphatic heterocycles. The minimum Gasteiger partial charge on any atom is -0.497 e. The molecule has 7 nitrogen and oxygen atoms in total. The molecule has 2 saturated heterocycles. The number of benzene rings is 1. The van der Waals surface area contributed by atoms with Gasteiger partial charge in [-0.05, 0) is 43.9 Å². The van der Waals surface area contributed by atoms with Gasteiger partial charge in [-0.1, -0.05) is 12.8 Å². The van der Waals surface area contributed by atoms with Crippen molar-refractivity contribution >= 4 is 17.7 Å². The number of nitrogens with zero attached hydrogens (tertiary/aromatic N) is 2. The molecule has 1 saturated carbocycles. The SMILES string of the molecule is COc1ccc(OC)c(C2CCCN2C(=O)CCN2C(=O)C3CCCCC3C2=O)c1. The van der Waals surface area contributed by atoms with Gasteiger partial charge in [0.05, 0.1) is 32.1 Å². The van der Waals surface area contributed by atoms with Crippen LogP contribution < -0.4 is 9.47 Å². The van der Waals surface area contributed by atoms with Gasteiger partial charge in [-0.15, -0.1) is 0 Å². The highest BCUT2D eigenvalue weighted by molar-refractivity contribution is 6.05. The molecule has 0 radical (unpaired) electrons. The van der Waals surface area contributed by atoms with Crippen LogP contribution in [0.5, 0.6) is 11.5 Å². The Balaban J connectivity index is 1.45. The lowest BCUT2D eigenvalue weighted by Crippen LogP contribution is -2.37. The van der Waals surface area contributed by atoms with E-state index in [2.05, 4.69) is 0 Å². The van der Waals surface area contributed by atoms with Crippen LogP contribution in [0, 0.1) is 11.8 Å². The van der Waals surface area contributed by atoms with Gasteiger partial charge in [0.1, 0.15) is 11.5 Å². The topological polar surface area (TPSA) is 76.2 Å². The fourth-order valence-corrected chi connectivity index (χ4v) is 5.29. The van der Waals surface area contributed by atoms with Crippen LogP contribution in [0.15, 0.2) is 18.2 Å². The number of likely N-dealkylation sites (tertiary alicyclic amines) is 2. The second-order valence-electron chi connectivity index (χ2n) is 8.43. The predicted molar refractivity (Wildman–Crippen MR) is 110 cm³/mol. The molecule has 0 N–H and O–H groups in total. The van der Waals surface area contributed by atoms with Crippen molar-refractivity contribution in [2.75, 3.05) is 27.3 Å². The molecule has 3 unspecified atom stereocenters. The van der Waals surface area contributed by atoms with Gasteiger partial charge in [-0.3, -0.25) is 19.3 Å². The monoisotopic (exact) mass is 414 g/mol. The summed E-state index contributed by atoms with van der Waals surface area (Å²) < 4.78 is 10.9. The molecule has 3 aliphatic rings. The lowest BCUT2D eigenvalue weighted by Gasteiger charge is -2.27. The third-order valence-corrected chi connectivity index (χ3v) is 6.85. The number of methoxy groups -OCH3 is 2. The van der Waals surface area contributed by atoms with E-state index in [9.17, 15) is 14.4 Å². The minimum absolute atomic E-state index is 0.0298. The fraction of sp³-hybridized carbons (Fsp3) is 0.609. The molecule has 1 aliphatic carbocycles. The third-order valence-electron chi connectivity index (χ3n) is 6.85.